The minimum Gasteiger partial charge on any atom is -0.497 e. The van der Waals surface area contributed by atoms with Crippen molar-refractivity contribution in [1.29, 1.82) is 0 Å². The summed E-state index contributed by atoms with van der Waals surface area (Å²) in [6.07, 6.45) is 0.868. The number of nitrogens with zero attached hydrogens (tertiary/aromatic N) is 3. The van der Waals surface area contributed by atoms with Gasteiger partial charge in [0.25, 0.3) is 0 Å². The minimum atomic E-state index is -0.0245. The van der Waals surface area contributed by atoms with Gasteiger partial charge in [-0.15, -0.1) is 0 Å². The Morgan fingerprint density at radius 3 is 2.23 bits per heavy atom. The van der Waals surface area contributed by atoms with Crippen molar-refractivity contribution >= 4 is 28.6 Å². The molecule has 0 unspecified atom stereocenters. The molecule has 1 aliphatic heterocycles. The van der Waals surface area contributed by atoms with Crippen molar-refractivity contribution in [2.45, 2.75) is 20.3 Å². The Balaban J connectivity index is 1.59. The lowest BCUT2D eigenvalue weighted by Gasteiger charge is -2.36. The summed E-state index contributed by atoms with van der Waals surface area (Å²) < 4.78 is 19.2. The van der Waals surface area contributed by atoms with E-state index in [-0.39, 0.29) is 5.24 Å². The van der Waals surface area contributed by atoms with Gasteiger partial charge in [0.1, 0.15) is 17.2 Å². The molecule has 1 fully saturated rings. The van der Waals surface area contributed by atoms with Crippen molar-refractivity contribution in [1.82, 2.24) is 9.88 Å². The van der Waals surface area contributed by atoms with Gasteiger partial charge >= 0.3 is 5.24 Å². The molecule has 8 nitrogen and oxygen atoms in total. The first-order valence-corrected chi connectivity index (χ1v) is 11.0. The summed E-state index contributed by atoms with van der Waals surface area (Å²) >= 11 is 1.06. The fourth-order valence-corrected chi connectivity index (χ4v) is 4.15. The second-order valence-electron chi connectivity index (χ2n) is 7.16. The van der Waals surface area contributed by atoms with Crippen LogP contribution in [0.15, 0.2) is 24.3 Å². The maximum absolute atomic E-state index is 12.7. The molecular formula is C22H30N4O4S. The molecule has 2 aromatic rings. The molecule has 1 aliphatic rings. The third-order valence-electron chi connectivity index (χ3n) is 5.34. The molecule has 0 aliphatic carbocycles. The number of nitrogens with one attached hydrogen (secondary N) is 1. The van der Waals surface area contributed by atoms with Gasteiger partial charge in [-0.05, 0) is 25.0 Å². The number of ether oxygens (including phenoxy) is 3. The number of hydrogen-bond donors (Lipinski definition) is 1. The van der Waals surface area contributed by atoms with Gasteiger partial charge < -0.3 is 28.7 Å². The highest BCUT2D eigenvalue weighted by molar-refractivity contribution is 8.14. The van der Waals surface area contributed by atoms with E-state index in [1.165, 1.54) is 0 Å². The number of amides is 1. The summed E-state index contributed by atoms with van der Waals surface area (Å²) in [4.78, 5) is 21.3. The van der Waals surface area contributed by atoms with Crippen LogP contribution < -0.4 is 23.8 Å². The standard InChI is InChI=1S/C22H30N4O4S/c1-6-16-11-20(21(30-5)23-15(16)2)24-31-22(27)26-9-7-25(8-10-26)17-12-18(28-3)14-19(13-17)29-4/h11-14,24H,6-10H2,1-5H3. The van der Waals surface area contributed by atoms with Crippen LogP contribution in [0.3, 0.4) is 0 Å². The van der Waals surface area contributed by atoms with Crippen molar-refractivity contribution in [2.75, 3.05) is 57.1 Å². The van der Waals surface area contributed by atoms with E-state index in [2.05, 4.69) is 21.5 Å². The lowest BCUT2D eigenvalue weighted by atomic mass is 10.1. The first-order valence-electron chi connectivity index (χ1n) is 10.2. The first kappa shape index (κ1) is 22.9. The Kier molecular flexibility index (Phi) is 7.73. The molecule has 31 heavy (non-hydrogen) atoms. The predicted octanol–water partition coefficient (Wildman–Crippen LogP) is 3.98. The Morgan fingerprint density at radius 2 is 1.68 bits per heavy atom. The number of rotatable bonds is 7. The second-order valence-corrected chi connectivity index (χ2v) is 7.92. The Labute approximate surface area is 188 Å². The highest BCUT2D eigenvalue weighted by Crippen LogP contribution is 2.30. The smallest absolute Gasteiger partial charge is 0.302 e. The molecular weight excluding hydrogens is 416 g/mol. The van der Waals surface area contributed by atoms with Gasteiger partial charge in [0.15, 0.2) is 0 Å². The average Bonchev–Trinajstić information content (AvgIpc) is 2.82. The zero-order valence-electron chi connectivity index (χ0n) is 18.7. The van der Waals surface area contributed by atoms with Gasteiger partial charge in [-0.1, -0.05) is 6.92 Å². The maximum Gasteiger partial charge on any atom is 0.302 e. The van der Waals surface area contributed by atoms with E-state index < -0.39 is 0 Å². The topological polar surface area (TPSA) is 76.2 Å². The quantitative estimate of drug-likeness (QED) is 0.640. The number of carbonyl (C=O) groups is 1. The van der Waals surface area contributed by atoms with E-state index in [0.717, 1.165) is 59.9 Å². The molecule has 9 heteroatoms. The monoisotopic (exact) mass is 446 g/mol. The van der Waals surface area contributed by atoms with Gasteiger partial charge in [-0.2, -0.15) is 0 Å². The number of anilines is 2. The number of carbonyl (C=O) groups excluding carboxylic acids is 1. The summed E-state index contributed by atoms with van der Waals surface area (Å²) in [5.74, 6) is 1.99. The van der Waals surface area contributed by atoms with E-state index >= 15 is 0 Å². The summed E-state index contributed by atoms with van der Waals surface area (Å²) in [7, 11) is 4.86. The van der Waals surface area contributed by atoms with Gasteiger partial charge in [0.2, 0.25) is 5.88 Å². The van der Waals surface area contributed by atoms with E-state index in [1.807, 2.05) is 36.1 Å². The van der Waals surface area contributed by atoms with Crippen molar-refractivity contribution in [3.05, 3.63) is 35.5 Å². The van der Waals surface area contributed by atoms with Crippen LogP contribution >= 0.6 is 11.9 Å². The number of hydrogen-bond acceptors (Lipinski definition) is 8. The molecule has 0 atom stereocenters. The molecule has 1 aromatic heterocycles. The normalized spacial score (nSPS) is 13.7. The molecule has 1 saturated heterocycles. The lowest BCUT2D eigenvalue weighted by molar-refractivity contribution is 0.219. The second kappa shape index (κ2) is 10.5. The van der Waals surface area contributed by atoms with Crippen LogP contribution in [0.25, 0.3) is 0 Å². The molecule has 1 amide bonds. The third kappa shape index (κ3) is 5.46. The fourth-order valence-electron chi connectivity index (χ4n) is 3.50. The molecule has 1 aromatic carbocycles. The molecule has 0 radical (unpaired) electrons. The SMILES string of the molecule is CCc1cc(NSC(=O)N2CCN(c3cc(OC)cc(OC)c3)CC2)c(OC)nc1C. The molecule has 0 bridgehead atoms. The third-order valence-corrected chi connectivity index (χ3v) is 6.10. The van der Waals surface area contributed by atoms with Gasteiger partial charge in [-0.25, -0.2) is 4.98 Å². The number of piperazine rings is 1. The molecule has 2 heterocycles. The Hall–Kier alpha value is -2.81. The molecule has 168 valence electrons. The van der Waals surface area contributed by atoms with Gasteiger partial charge in [0, 0.05) is 67.7 Å². The number of aromatic nitrogens is 1. The lowest BCUT2D eigenvalue weighted by Crippen LogP contribution is -2.47. The maximum atomic E-state index is 12.7. The van der Waals surface area contributed by atoms with Crippen LogP contribution in [0.5, 0.6) is 17.4 Å². The summed E-state index contributed by atoms with van der Waals surface area (Å²) in [5, 5.41) is -0.0245. The zero-order chi connectivity index (χ0) is 22.4. The van der Waals surface area contributed by atoms with E-state index in [0.29, 0.717) is 24.7 Å². The van der Waals surface area contributed by atoms with Crippen LogP contribution in [0.1, 0.15) is 18.2 Å². The highest BCUT2D eigenvalue weighted by Gasteiger charge is 2.23. The van der Waals surface area contributed by atoms with Crippen LogP contribution in [0, 0.1) is 6.92 Å². The molecule has 0 saturated carbocycles. The van der Waals surface area contributed by atoms with Gasteiger partial charge in [-0.3, -0.25) is 4.79 Å². The van der Waals surface area contributed by atoms with Crippen molar-refractivity contribution in [2.24, 2.45) is 0 Å². The van der Waals surface area contributed by atoms with Crippen LogP contribution in [0.2, 0.25) is 0 Å². The minimum absolute atomic E-state index is 0.0245. The molecule has 1 N–H and O–H groups in total. The fraction of sp³-hybridized carbons (Fsp3) is 0.455. The van der Waals surface area contributed by atoms with E-state index in [9.17, 15) is 4.79 Å². The average molecular weight is 447 g/mol. The summed E-state index contributed by atoms with van der Waals surface area (Å²) in [6, 6.07) is 7.82. The van der Waals surface area contributed by atoms with Gasteiger partial charge in [0.05, 0.1) is 21.3 Å². The van der Waals surface area contributed by atoms with E-state index in [4.69, 9.17) is 14.2 Å². The number of benzene rings is 1. The van der Waals surface area contributed by atoms with Crippen molar-refractivity contribution < 1.29 is 19.0 Å². The molecule has 0 spiro atoms. The highest BCUT2D eigenvalue weighted by atomic mass is 32.2. The number of aryl methyl sites for hydroxylation is 2. The van der Waals surface area contributed by atoms with Crippen molar-refractivity contribution in [3.8, 4) is 17.4 Å². The van der Waals surface area contributed by atoms with Crippen LogP contribution in [0.4, 0.5) is 16.2 Å². The number of methoxy groups -OCH3 is 3. The van der Waals surface area contributed by atoms with Crippen molar-refractivity contribution in [3.63, 3.8) is 0 Å². The van der Waals surface area contributed by atoms with Crippen LogP contribution in [-0.2, 0) is 6.42 Å². The Bertz CT molecular complexity index is 894. The first-order chi connectivity index (χ1) is 15.0. The number of pyridine rings is 1. The molecule has 3 rings (SSSR count). The predicted molar refractivity (Wildman–Crippen MR) is 125 cm³/mol. The zero-order valence-corrected chi connectivity index (χ0v) is 19.5. The van der Waals surface area contributed by atoms with Crippen LogP contribution in [-0.4, -0.2) is 62.6 Å². The largest absolute Gasteiger partial charge is 0.497 e. The van der Waals surface area contributed by atoms with E-state index in [1.54, 1.807) is 21.3 Å². The summed E-state index contributed by atoms with van der Waals surface area (Å²) in [6.45, 7) is 6.78. The Morgan fingerprint density at radius 1 is 1.03 bits per heavy atom. The summed E-state index contributed by atoms with van der Waals surface area (Å²) in [5.41, 5.74) is 3.80.